The van der Waals surface area contributed by atoms with E-state index in [9.17, 15) is 4.79 Å². The van der Waals surface area contributed by atoms with Crippen LogP contribution in [-0.2, 0) is 11.3 Å². The van der Waals surface area contributed by atoms with E-state index in [0.717, 1.165) is 22.6 Å². The number of aryl methyl sites for hydroxylation is 1. The third kappa shape index (κ3) is 4.33. The number of anilines is 1. The van der Waals surface area contributed by atoms with Crippen LogP contribution in [0.2, 0.25) is 0 Å². The lowest BCUT2D eigenvalue weighted by Crippen LogP contribution is -2.17. The Hall–Kier alpha value is -2.33. The topological polar surface area (TPSA) is 64.3 Å². The summed E-state index contributed by atoms with van der Waals surface area (Å²) in [7, 11) is 0. The van der Waals surface area contributed by atoms with Crippen LogP contribution < -0.4 is 15.8 Å². The van der Waals surface area contributed by atoms with Gasteiger partial charge < -0.3 is 15.8 Å². The van der Waals surface area contributed by atoms with Gasteiger partial charge in [0, 0.05) is 12.2 Å². The lowest BCUT2D eigenvalue weighted by Gasteiger charge is -2.11. The molecular weight excluding hydrogens is 264 g/mol. The highest BCUT2D eigenvalue weighted by Gasteiger charge is 2.06. The molecule has 4 nitrogen and oxygen atoms in total. The highest BCUT2D eigenvalue weighted by molar-refractivity contribution is 5.91. The molecule has 4 heteroatoms. The van der Waals surface area contributed by atoms with Gasteiger partial charge >= 0.3 is 0 Å². The SMILES string of the molecule is Cc1ccccc1OCCC(=O)Nc1ccccc1CN. The van der Waals surface area contributed by atoms with Crippen molar-refractivity contribution in [3.8, 4) is 5.75 Å². The third-order valence-corrected chi connectivity index (χ3v) is 3.19. The fourth-order valence-electron chi connectivity index (χ4n) is 2.01. The number of amides is 1. The molecule has 1 amide bonds. The van der Waals surface area contributed by atoms with Gasteiger partial charge in [-0.1, -0.05) is 36.4 Å². The highest BCUT2D eigenvalue weighted by atomic mass is 16.5. The monoisotopic (exact) mass is 284 g/mol. The Morgan fingerprint density at radius 1 is 1.14 bits per heavy atom. The summed E-state index contributed by atoms with van der Waals surface area (Å²) in [5.41, 5.74) is 8.39. The second kappa shape index (κ2) is 7.45. The van der Waals surface area contributed by atoms with Crippen LogP contribution in [0.4, 0.5) is 5.69 Å². The summed E-state index contributed by atoms with van der Waals surface area (Å²) >= 11 is 0. The van der Waals surface area contributed by atoms with Gasteiger partial charge in [0.1, 0.15) is 5.75 Å². The maximum absolute atomic E-state index is 11.9. The molecule has 0 bridgehead atoms. The Labute approximate surface area is 124 Å². The number of hydrogen-bond acceptors (Lipinski definition) is 3. The number of para-hydroxylation sites is 2. The average Bonchev–Trinajstić information content (AvgIpc) is 2.50. The normalized spacial score (nSPS) is 10.2. The molecule has 0 heterocycles. The molecule has 0 aliphatic heterocycles. The highest BCUT2D eigenvalue weighted by Crippen LogP contribution is 2.17. The molecule has 0 radical (unpaired) electrons. The minimum Gasteiger partial charge on any atom is -0.493 e. The summed E-state index contributed by atoms with van der Waals surface area (Å²) < 4.78 is 5.62. The predicted molar refractivity (Wildman–Crippen MR) is 84.3 cm³/mol. The molecule has 0 unspecified atom stereocenters. The molecule has 21 heavy (non-hydrogen) atoms. The van der Waals surface area contributed by atoms with E-state index in [2.05, 4.69) is 5.32 Å². The van der Waals surface area contributed by atoms with Gasteiger partial charge in [0.25, 0.3) is 0 Å². The number of carbonyl (C=O) groups is 1. The van der Waals surface area contributed by atoms with E-state index in [0.29, 0.717) is 19.6 Å². The molecule has 0 atom stereocenters. The minimum absolute atomic E-state index is 0.0792. The van der Waals surface area contributed by atoms with Crippen molar-refractivity contribution < 1.29 is 9.53 Å². The fraction of sp³-hybridized carbons (Fsp3) is 0.235. The number of carbonyl (C=O) groups excluding carboxylic acids is 1. The molecule has 3 N–H and O–H groups in total. The molecule has 0 fully saturated rings. The second-order valence-corrected chi connectivity index (χ2v) is 4.77. The van der Waals surface area contributed by atoms with Crippen LogP contribution in [0.15, 0.2) is 48.5 Å². The van der Waals surface area contributed by atoms with Crippen molar-refractivity contribution in [2.24, 2.45) is 5.73 Å². The van der Waals surface area contributed by atoms with E-state index in [4.69, 9.17) is 10.5 Å². The van der Waals surface area contributed by atoms with Crippen molar-refractivity contribution in [2.75, 3.05) is 11.9 Å². The maximum Gasteiger partial charge on any atom is 0.227 e. The number of hydrogen-bond donors (Lipinski definition) is 2. The van der Waals surface area contributed by atoms with E-state index in [1.807, 2.05) is 55.5 Å². The van der Waals surface area contributed by atoms with Gasteiger partial charge in [-0.3, -0.25) is 4.79 Å². The van der Waals surface area contributed by atoms with E-state index in [-0.39, 0.29) is 5.91 Å². The van der Waals surface area contributed by atoms with Crippen LogP contribution in [0.25, 0.3) is 0 Å². The molecule has 0 saturated heterocycles. The summed E-state index contributed by atoms with van der Waals surface area (Å²) in [5, 5.41) is 2.86. The molecule has 0 spiro atoms. The molecule has 0 aromatic heterocycles. The third-order valence-electron chi connectivity index (χ3n) is 3.19. The first-order valence-electron chi connectivity index (χ1n) is 6.97. The Morgan fingerprint density at radius 2 is 1.86 bits per heavy atom. The van der Waals surface area contributed by atoms with Crippen molar-refractivity contribution in [3.63, 3.8) is 0 Å². The zero-order chi connectivity index (χ0) is 15.1. The summed E-state index contributed by atoms with van der Waals surface area (Å²) in [5.74, 6) is 0.733. The molecule has 0 saturated carbocycles. The van der Waals surface area contributed by atoms with E-state index in [1.54, 1.807) is 0 Å². The average molecular weight is 284 g/mol. The number of rotatable bonds is 6. The molecule has 2 aromatic rings. The zero-order valence-corrected chi connectivity index (χ0v) is 12.1. The van der Waals surface area contributed by atoms with Gasteiger partial charge in [-0.25, -0.2) is 0 Å². The molecular formula is C17H20N2O2. The molecule has 0 aliphatic carbocycles. The summed E-state index contributed by atoms with van der Waals surface area (Å²) in [6, 6.07) is 15.3. The summed E-state index contributed by atoms with van der Waals surface area (Å²) in [6.45, 7) is 2.73. The number of benzene rings is 2. The first-order valence-corrected chi connectivity index (χ1v) is 6.97. The van der Waals surface area contributed by atoms with Crippen LogP contribution in [0.3, 0.4) is 0 Å². The van der Waals surface area contributed by atoms with Crippen LogP contribution >= 0.6 is 0 Å². The molecule has 110 valence electrons. The smallest absolute Gasteiger partial charge is 0.227 e. The van der Waals surface area contributed by atoms with Crippen molar-refractivity contribution in [1.29, 1.82) is 0 Å². The summed E-state index contributed by atoms with van der Waals surface area (Å²) in [4.78, 5) is 11.9. The Morgan fingerprint density at radius 3 is 2.62 bits per heavy atom. The first-order chi connectivity index (χ1) is 10.2. The lowest BCUT2D eigenvalue weighted by molar-refractivity contribution is -0.116. The van der Waals surface area contributed by atoms with Crippen LogP contribution in [0.1, 0.15) is 17.5 Å². The van der Waals surface area contributed by atoms with Crippen molar-refractivity contribution >= 4 is 11.6 Å². The molecule has 2 rings (SSSR count). The number of nitrogens with one attached hydrogen (secondary N) is 1. The van der Waals surface area contributed by atoms with Gasteiger partial charge in [-0.2, -0.15) is 0 Å². The Kier molecular flexibility index (Phi) is 5.35. The molecule has 2 aromatic carbocycles. The van der Waals surface area contributed by atoms with Gasteiger partial charge in [-0.15, -0.1) is 0 Å². The van der Waals surface area contributed by atoms with Crippen LogP contribution in [-0.4, -0.2) is 12.5 Å². The zero-order valence-electron chi connectivity index (χ0n) is 12.1. The lowest BCUT2D eigenvalue weighted by atomic mass is 10.2. The number of ether oxygens (including phenoxy) is 1. The van der Waals surface area contributed by atoms with Crippen molar-refractivity contribution in [1.82, 2.24) is 0 Å². The van der Waals surface area contributed by atoms with Gasteiger partial charge in [0.15, 0.2) is 0 Å². The molecule has 0 aliphatic rings. The minimum atomic E-state index is -0.0792. The van der Waals surface area contributed by atoms with Gasteiger partial charge in [0.2, 0.25) is 5.91 Å². The quantitative estimate of drug-likeness (QED) is 0.857. The van der Waals surface area contributed by atoms with Crippen LogP contribution in [0, 0.1) is 6.92 Å². The first kappa shape index (κ1) is 15.1. The standard InChI is InChI=1S/C17H20N2O2/c1-13-6-2-5-9-16(13)21-11-10-17(20)19-15-8-4-3-7-14(15)12-18/h2-9H,10-12,18H2,1H3,(H,19,20). The maximum atomic E-state index is 11.9. The van der Waals surface area contributed by atoms with Gasteiger partial charge in [0.05, 0.1) is 13.0 Å². The Bertz CT molecular complexity index is 611. The van der Waals surface area contributed by atoms with E-state index < -0.39 is 0 Å². The largest absolute Gasteiger partial charge is 0.493 e. The van der Waals surface area contributed by atoms with Crippen LogP contribution in [0.5, 0.6) is 5.75 Å². The van der Waals surface area contributed by atoms with Crippen molar-refractivity contribution in [2.45, 2.75) is 19.9 Å². The van der Waals surface area contributed by atoms with E-state index in [1.165, 1.54) is 0 Å². The van der Waals surface area contributed by atoms with Gasteiger partial charge in [-0.05, 0) is 30.2 Å². The summed E-state index contributed by atoms with van der Waals surface area (Å²) in [6.07, 6.45) is 0.299. The number of nitrogens with two attached hydrogens (primary N) is 1. The van der Waals surface area contributed by atoms with E-state index >= 15 is 0 Å². The Balaban J connectivity index is 1.84. The fourth-order valence-corrected chi connectivity index (χ4v) is 2.01. The second-order valence-electron chi connectivity index (χ2n) is 4.77. The predicted octanol–water partition coefficient (Wildman–Crippen LogP) is 2.86. The van der Waals surface area contributed by atoms with Crippen molar-refractivity contribution in [3.05, 3.63) is 59.7 Å².